The second kappa shape index (κ2) is 8.67. The van der Waals surface area contributed by atoms with Gasteiger partial charge in [-0.1, -0.05) is 81.9 Å². The zero-order valence-corrected chi connectivity index (χ0v) is 18.5. The summed E-state index contributed by atoms with van der Waals surface area (Å²) in [5, 5.41) is 0. The molecule has 0 fully saturated rings. The van der Waals surface area contributed by atoms with Gasteiger partial charge in [0.2, 0.25) is 0 Å². The molecule has 0 heterocycles. The third-order valence-electron chi connectivity index (χ3n) is 4.15. The molecular formula is C21H38W. The van der Waals surface area contributed by atoms with E-state index in [4.69, 9.17) is 0 Å². The summed E-state index contributed by atoms with van der Waals surface area (Å²) in [7, 11) is 0. The fourth-order valence-corrected chi connectivity index (χ4v) is 3.33. The maximum absolute atomic E-state index is 2.39. The van der Waals surface area contributed by atoms with Crippen molar-refractivity contribution in [1.29, 1.82) is 0 Å². The van der Waals surface area contributed by atoms with Crippen LogP contribution >= 0.6 is 0 Å². The van der Waals surface area contributed by atoms with Gasteiger partial charge in [-0.3, -0.25) is 0 Å². The summed E-state index contributed by atoms with van der Waals surface area (Å²) in [6.45, 7) is 20.4. The van der Waals surface area contributed by atoms with Crippen LogP contribution in [-0.2, 0) is 44.7 Å². The van der Waals surface area contributed by atoms with Crippen molar-refractivity contribution in [3.05, 3.63) is 34.4 Å². The average molecular weight is 474 g/mol. The van der Waals surface area contributed by atoms with E-state index in [0.717, 1.165) is 5.92 Å². The van der Waals surface area contributed by atoms with E-state index in [-0.39, 0.29) is 39.3 Å². The van der Waals surface area contributed by atoms with Gasteiger partial charge < -0.3 is 0 Å². The Labute approximate surface area is 154 Å². The van der Waals surface area contributed by atoms with Crippen LogP contribution in [0.5, 0.6) is 0 Å². The van der Waals surface area contributed by atoms with Gasteiger partial charge in [0.25, 0.3) is 0 Å². The van der Waals surface area contributed by atoms with Crippen LogP contribution in [0, 0.1) is 5.92 Å². The van der Waals surface area contributed by atoms with Crippen LogP contribution in [0.2, 0.25) is 0 Å². The summed E-state index contributed by atoms with van der Waals surface area (Å²) < 4.78 is 0. The van der Waals surface area contributed by atoms with Gasteiger partial charge in [0, 0.05) is 21.1 Å². The number of hydrogen-bond donors (Lipinski definition) is 0. The largest absolute Gasteiger partial charge is 0.0776 e. The molecular weight excluding hydrogens is 436 g/mol. The molecule has 0 bridgehead atoms. The number of fused-ring (bicyclic) bond motifs is 1. The molecule has 0 saturated heterocycles. The first kappa shape index (κ1) is 24.2. The zero-order chi connectivity index (χ0) is 15.7. The van der Waals surface area contributed by atoms with Gasteiger partial charge in [0.1, 0.15) is 0 Å². The fourth-order valence-electron chi connectivity index (χ4n) is 3.33. The van der Waals surface area contributed by atoms with Crippen molar-refractivity contribution >= 4 is 0 Å². The summed E-state index contributed by atoms with van der Waals surface area (Å²) in [6.07, 6.45) is 2.54. The molecule has 0 radical (unpaired) electrons. The first-order valence-corrected chi connectivity index (χ1v) is 8.26. The molecule has 0 atom stereocenters. The molecule has 1 aliphatic carbocycles. The summed E-state index contributed by atoms with van der Waals surface area (Å²) in [5.74, 6) is 0.810. The minimum Gasteiger partial charge on any atom is -0.0776 e. The minimum absolute atomic E-state index is 0. The van der Waals surface area contributed by atoms with Gasteiger partial charge in [-0.2, -0.15) is 0 Å². The third kappa shape index (κ3) is 5.23. The Balaban J connectivity index is 0. The third-order valence-corrected chi connectivity index (χ3v) is 4.15. The molecule has 22 heavy (non-hydrogen) atoms. The Bertz CT molecular complexity index is 415. The van der Waals surface area contributed by atoms with E-state index < -0.39 is 0 Å². The Morgan fingerprint density at radius 3 is 1.27 bits per heavy atom. The molecule has 0 spiro atoms. The molecule has 1 aromatic rings. The molecule has 1 aromatic carbocycles. The second-order valence-electron chi connectivity index (χ2n) is 8.13. The van der Waals surface area contributed by atoms with Crippen molar-refractivity contribution in [3.8, 4) is 0 Å². The first-order valence-electron chi connectivity index (χ1n) is 8.26. The average Bonchev–Trinajstić information content (AvgIpc) is 2.68. The molecule has 0 nitrogen and oxygen atoms in total. The van der Waals surface area contributed by atoms with Crippen LogP contribution in [0.4, 0.5) is 0 Å². The van der Waals surface area contributed by atoms with Crippen LogP contribution < -0.4 is 0 Å². The number of benzene rings is 1. The SMILES string of the molecule is C.CC.CC1Cc2c(C(C)(C)C)ccc(C(C)(C)C)c2C1.[W]. The Morgan fingerprint density at radius 1 is 0.773 bits per heavy atom. The summed E-state index contributed by atoms with van der Waals surface area (Å²) in [6, 6.07) is 4.77. The van der Waals surface area contributed by atoms with Crippen LogP contribution in [0.15, 0.2) is 12.1 Å². The molecule has 0 saturated carbocycles. The maximum atomic E-state index is 2.39. The monoisotopic (exact) mass is 474 g/mol. The van der Waals surface area contributed by atoms with E-state index in [2.05, 4.69) is 60.6 Å². The minimum atomic E-state index is 0. The molecule has 0 aliphatic heterocycles. The normalized spacial score (nSPS) is 14.2. The van der Waals surface area contributed by atoms with Crippen molar-refractivity contribution in [1.82, 2.24) is 0 Å². The Kier molecular flexibility index (Phi) is 9.53. The van der Waals surface area contributed by atoms with E-state index >= 15 is 0 Å². The van der Waals surface area contributed by atoms with E-state index in [1.54, 1.807) is 22.3 Å². The van der Waals surface area contributed by atoms with Crippen molar-refractivity contribution in [2.75, 3.05) is 0 Å². The van der Waals surface area contributed by atoms with Crippen LogP contribution in [-0.4, -0.2) is 0 Å². The Morgan fingerprint density at radius 2 is 1.05 bits per heavy atom. The van der Waals surface area contributed by atoms with E-state index in [0.29, 0.717) is 0 Å². The zero-order valence-electron chi connectivity index (χ0n) is 15.6. The molecule has 2 rings (SSSR count). The molecule has 0 N–H and O–H groups in total. The quantitative estimate of drug-likeness (QED) is 0.394. The molecule has 0 unspecified atom stereocenters. The smallest absolute Gasteiger partial charge is 0 e. The van der Waals surface area contributed by atoms with Gasteiger partial charge in [-0.15, -0.1) is 0 Å². The van der Waals surface area contributed by atoms with Gasteiger partial charge in [-0.05, 0) is 51.8 Å². The molecule has 0 aromatic heterocycles. The maximum Gasteiger partial charge on any atom is 0 e. The molecule has 1 aliphatic rings. The van der Waals surface area contributed by atoms with Crippen LogP contribution in [0.3, 0.4) is 0 Å². The van der Waals surface area contributed by atoms with Gasteiger partial charge >= 0.3 is 0 Å². The Hall–Kier alpha value is -0.0917. The molecule has 0 amide bonds. The first-order chi connectivity index (χ1) is 9.10. The standard InChI is InChI=1S/C18H28.C2H6.CH4.W/c1-12-10-13-14(11-12)16(18(5,6)7)9-8-15(13)17(2,3)4;1-2;;/h8-9,12H,10-11H2,1-7H3;1-2H3;1H4;. The summed E-state index contributed by atoms with van der Waals surface area (Å²) in [5.41, 5.74) is 6.98. The molecule has 128 valence electrons. The van der Waals surface area contributed by atoms with Gasteiger partial charge in [0.05, 0.1) is 0 Å². The fraction of sp³-hybridized carbons (Fsp3) is 0.714. The summed E-state index contributed by atoms with van der Waals surface area (Å²) in [4.78, 5) is 0. The van der Waals surface area contributed by atoms with Crippen LogP contribution in [0.1, 0.15) is 92.0 Å². The van der Waals surface area contributed by atoms with Crippen molar-refractivity contribution in [2.45, 2.75) is 93.4 Å². The van der Waals surface area contributed by atoms with Crippen molar-refractivity contribution in [3.63, 3.8) is 0 Å². The number of hydrogen-bond acceptors (Lipinski definition) is 0. The van der Waals surface area contributed by atoms with E-state index in [1.165, 1.54) is 12.8 Å². The second-order valence-corrected chi connectivity index (χ2v) is 8.13. The van der Waals surface area contributed by atoms with Crippen molar-refractivity contribution in [2.24, 2.45) is 5.92 Å². The number of rotatable bonds is 0. The van der Waals surface area contributed by atoms with Gasteiger partial charge in [-0.25, -0.2) is 0 Å². The van der Waals surface area contributed by atoms with Crippen LogP contribution in [0.25, 0.3) is 0 Å². The molecule has 1 heteroatoms. The topological polar surface area (TPSA) is 0 Å². The van der Waals surface area contributed by atoms with Gasteiger partial charge in [0.15, 0.2) is 0 Å². The van der Waals surface area contributed by atoms with E-state index in [9.17, 15) is 0 Å². The van der Waals surface area contributed by atoms with Crippen molar-refractivity contribution < 1.29 is 21.1 Å². The predicted molar refractivity (Wildman–Crippen MR) is 98.5 cm³/mol. The predicted octanol–water partition coefficient (Wildman–Crippen LogP) is 6.68. The summed E-state index contributed by atoms with van der Waals surface area (Å²) >= 11 is 0. The van der Waals surface area contributed by atoms with E-state index in [1.807, 2.05) is 13.8 Å².